The Labute approximate surface area is 108 Å². The number of nitrogens with one attached hydrogen (secondary N) is 1. The molecule has 1 aromatic rings. The maximum atomic E-state index is 4.52. The van der Waals surface area contributed by atoms with Crippen LogP contribution in [0.15, 0.2) is 6.07 Å². The molecule has 0 spiro atoms. The largest absolute Gasteiger partial charge is 0.353 e. The normalized spacial score (nSPS) is 22.0. The van der Waals surface area contributed by atoms with Crippen LogP contribution in [0.5, 0.6) is 0 Å². The van der Waals surface area contributed by atoms with Crippen LogP contribution in [0, 0.1) is 13.8 Å². The fourth-order valence-corrected chi connectivity index (χ4v) is 2.78. The van der Waals surface area contributed by atoms with Crippen LogP contribution >= 0.6 is 0 Å². The number of aromatic nitrogens is 2. The summed E-state index contributed by atoms with van der Waals surface area (Å²) in [5.74, 6) is 1.96. The number of hydrogen-bond donors (Lipinski definition) is 1. The van der Waals surface area contributed by atoms with Crippen LogP contribution in [-0.2, 0) is 0 Å². The van der Waals surface area contributed by atoms with Gasteiger partial charge in [-0.15, -0.1) is 0 Å². The molecule has 2 fully saturated rings. The van der Waals surface area contributed by atoms with Gasteiger partial charge in [0.25, 0.3) is 0 Å². The zero-order chi connectivity index (χ0) is 12.5. The lowest BCUT2D eigenvalue weighted by molar-refractivity contribution is 0.147. The topological polar surface area (TPSA) is 44.3 Å². The molecule has 0 bridgehead atoms. The van der Waals surface area contributed by atoms with E-state index in [9.17, 15) is 0 Å². The predicted octanol–water partition coefficient (Wildman–Crippen LogP) is 0.187. The lowest BCUT2D eigenvalue weighted by Crippen LogP contribution is -2.63. The lowest BCUT2D eigenvalue weighted by Gasteiger charge is -2.47. The Morgan fingerprint density at radius 1 is 1.17 bits per heavy atom. The van der Waals surface area contributed by atoms with E-state index in [2.05, 4.69) is 31.2 Å². The molecule has 0 radical (unpaired) electrons. The highest BCUT2D eigenvalue weighted by atomic mass is 15.3. The van der Waals surface area contributed by atoms with Gasteiger partial charge in [-0.05, 0) is 13.8 Å². The second kappa shape index (κ2) is 4.82. The van der Waals surface area contributed by atoms with E-state index in [4.69, 9.17) is 0 Å². The summed E-state index contributed by atoms with van der Waals surface area (Å²) in [6.07, 6.45) is 0. The van der Waals surface area contributed by atoms with Crippen molar-refractivity contribution in [3.63, 3.8) is 0 Å². The molecule has 2 saturated heterocycles. The average molecular weight is 247 g/mol. The van der Waals surface area contributed by atoms with Crippen LogP contribution < -0.4 is 10.2 Å². The van der Waals surface area contributed by atoms with Crippen LogP contribution in [-0.4, -0.2) is 60.2 Å². The summed E-state index contributed by atoms with van der Waals surface area (Å²) in [7, 11) is 0. The first-order chi connectivity index (χ1) is 8.72. The van der Waals surface area contributed by atoms with E-state index in [1.807, 2.05) is 13.8 Å². The Hall–Kier alpha value is -1.20. The molecule has 3 rings (SSSR count). The van der Waals surface area contributed by atoms with Crippen LogP contribution in [0.1, 0.15) is 11.5 Å². The van der Waals surface area contributed by atoms with Gasteiger partial charge < -0.3 is 10.2 Å². The van der Waals surface area contributed by atoms with Crippen LogP contribution in [0.2, 0.25) is 0 Å². The summed E-state index contributed by atoms with van der Waals surface area (Å²) < 4.78 is 0. The molecule has 0 amide bonds. The van der Waals surface area contributed by atoms with E-state index in [-0.39, 0.29) is 0 Å². The lowest BCUT2D eigenvalue weighted by atomic mass is 10.1. The summed E-state index contributed by atoms with van der Waals surface area (Å²) >= 11 is 0. The summed E-state index contributed by atoms with van der Waals surface area (Å²) in [5.41, 5.74) is 1.06. The molecule has 1 N–H and O–H groups in total. The van der Waals surface area contributed by atoms with Crippen molar-refractivity contribution in [2.45, 2.75) is 19.9 Å². The summed E-state index contributed by atoms with van der Waals surface area (Å²) in [6.45, 7) is 10.8. The van der Waals surface area contributed by atoms with Gasteiger partial charge in [0.15, 0.2) is 0 Å². The molecule has 5 nitrogen and oxygen atoms in total. The SMILES string of the molecule is Cc1cc(N2CC(N3CCNCC3)C2)nc(C)n1. The Morgan fingerprint density at radius 2 is 1.89 bits per heavy atom. The van der Waals surface area contributed by atoms with Gasteiger partial charge in [0.2, 0.25) is 0 Å². The Kier molecular flexibility index (Phi) is 3.18. The van der Waals surface area contributed by atoms with Gasteiger partial charge in [0.1, 0.15) is 11.6 Å². The standard InChI is InChI=1S/C13H21N5/c1-10-7-13(16-11(2)15-10)18-8-12(9-18)17-5-3-14-4-6-17/h7,12,14H,3-6,8-9H2,1-2H3. The minimum Gasteiger partial charge on any atom is -0.353 e. The molecule has 3 heterocycles. The van der Waals surface area contributed by atoms with E-state index in [0.29, 0.717) is 6.04 Å². The predicted molar refractivity (Wildman–Crippen MR) is 71.9 cm³/mol. The maximum Gasteiger partial charge on any atom is 0.132 e. The Bertz CT molecular complexity index is 401. The van der Waals surface area contributed by atoms with E-state index in [1.165, 1.54) is 13.1 Å². The smallest absolute Gasteiger partial charge is 0.132 e. The monoisotopic (exact) mass is 247 g/mol. The number of aryl methyl sites for hydroxylation is 2. The molecular formula is C13H21N5. The Balaban J connectivity index is 1.60. The fraction of sp³-hybridized carbons (Fsp3) is 0.692. The number of piperazine rings is 1. The second-order valence-electron chi connectivity index (χ2n) is 5.26. The first-order valence-corrected chi connectivity index (χ1v) is 6.74. The zero-order valence-corrected chi connectivity index (χ0v) is 11.2. The highest BCUT2D eigenvalue weighted by Gasteiger charge is 2.33. The van der Waals surface area contributed by atoms with Crippen molar-refractivity contribution in [1.29, 1.82) is 0 Å². The number of rotatable bonds is 2. The summed E-state index contributed by atoms with van der Waals surface area (Å²) in [5, 5.41) is 3.40. The molecule has 98 valence electrons. The van der Waals surface area contributed by atoms with Crippen molar-refractivity contribution < 1.29 is 0 Å². The van der Waals surface area contributed by atoms with Gasteiger partial charge in [-0.25, -0.2) is 9.97 Å². The van der Waals surface area contributed by atoms with Crippen molar-refractivity contribution in [2.24, 2.45) is 0 Å². The van der Waals surface area contributed by atoms with Gasteiger partial charge in [0, 0.05) is 57.1 Å². The van der Waals surface area contributed by atoms with Gasteiger partial charge in [-0.1, -0.05) is 0 Å². The van der Waals surface area contributed by atoms with Gasteiger partial charge >= 0.3 is 0 Å². The van der Waals surface area contributed by atoms with E-state index < -0.39 is 0 Å². The molecule has 0 atom stereocenters. The summed E-state index contributed by atoms with van der Waals surface area (Å²) in [6, 6.07) is 2.80. The molecule has 0 aliphatic carbocycles. The van der Waals surface area contributed by atoms with Crippen LogP contribution in [0.3, 0.4) is 0 Å². The van der Waals surface area contributed by atoms with Crippen molar-refractivity contribution >= 4 is 5.82 Å². The zero-order valence-electron chi connectivity index (χ0n) is 11.2. The van der Waals surface area contributed by atoms with Crippen molar-refractivity contribution in [3.05, 3.63) is 17.6 Å². The molecule has 5 heteroatoms. The highest BCUT2D eigenvalue weighted by Crippen LogP contribution is 2.22. The van der Waals surface area contributed by atoms with E-state index >= 15 is 0 Å². The second-order valence-corrected chi connectivity index (χ2v) is 5.26. The molecule has 2 aliphatic rings. The van der Waals surface area contributed by atoms with Crippen LogP contribution in [0.4, 0.5) is 5.82 Å². The average Bonchev–Trinajstić information content (AvgIpc) is 2.27. The number of hydrogen-bond acceptors (Lipinski definition) is 5. The summed E-state index contributed by atoms with van der Waals surface area (Å²) in [4.78, 5) is 13.8. The quantitative estimate of drug-likeness (QED) is 0.808. The first kappa shape index (κ1) is 11.9. The van der Waals surface area contributed by atoms with Crippen molar-refractivity contribution in [1.82, 2.24) is 20.2 Å². The van der Waals surface area contributed by atoms with Gasteiger partial charge in [-0.2, -0.15) is 0 Å². The van der Waals surface area contributed by atoms with Crippen molar-refractivity contribution in [2.75, 3.05) is 44.2 Å². The Morgan fingerprint density at radius 3 is 2.56 bits per heavy atom. The maximum absolute atomic E-state index is 4.52. The fourth-order valence-electron chi connectivity index (χ4n) is 2.78. The third kappa shape index (κ3) is 2.33. The first-order valence-electron chi connectivity index (χ1n) is 6.74. The minimum absolute atomic E-state index is 0.711. The number of anilines is 1. The molecular weight excluding hydrogens is 226 g/mol. The third-order valence-electron chi connectivity index (χ3n) is 3.81. The highest BCUT2D eigenvalue weighted by molar-refractivity contribution is 5.43. The van der Waals surface area contributed by atoms with E-state index in [0.717, 1.165) is 43.5 Å². The minimum atomic E-state index is 0.711. The van der Waals surface area contributed by atoms with E-state index in [1.54, 1.807) is 0 Å². The van der Waals surface area contributed by atoms with Gasteiger partial charge in [0.05, 0.1) is 0 Å². The molecule has 1 aromatic heterocycles. The van der Waals surface area contributed by atoms with Gasteiger partial charge in [-0.3, -0.25) is 4.90 Å². The molecule has 2 aliphatic heterocycles. The third-order valence-corrected chi connectivity index (χ3v) is 3.81. The molecule has 0 unspecified atom stereocenters. The van der Waals surface area contributed by atoms with Crippen molar-refractivity contribution in [3.8, 4) is 0 Å². The van der Waals surface area contributed by atoms with Crippen LogP contribution in [0.25, 0.3) is 0 Å². The molecule has 0 saturated carbocycles. The molecule has 0 aromatic carbocycles. The molecule has 18 heavy (non-hydrogen) atoms. The number of nitrogens with zero attached hydrogens (tertiary/aromatic N) is 4.